The molecule has 1 saturated heterocycles. The van der Waals surface area contributed by atoms with E-state index in [0.717, 1.165) is 25.0 Å². The van der Waals surface area contributed by atoms with Crippen molar-refractivity contribution in [2.75, 3.05) is 13.2 Å². The van der Waals surface area contributed by atoms with Gasteiger partial charge in [-0.2, -0.15) is 0 Å². The molecule has 0 saturated carbocycles. The molecule has 4 nitrogen and oxygen atoms in total. The van der Waals surface area contributed by atoms with E-state index in [2.05, 4.69) is 4.72 Å². The predicted molar refractivity (Wildman–Crippen MR) is 75.0 cm³/mol. The van der Waals surface area contributed by atoms with E-state index < -0.39 is 10.0 Å². The molecule has 1 aliphatic rings. The summed E-state index contributed by atoms with van der Waals surface area (Å²) in [6.07, 6.45) is 2.96. The van der Waals surface area contributed by atoms with Gasteiger partial charge in [0.05, 0.1) is 11.0 Å². The molecule has 1 aliphatic heterocycles. The Labute approximate surface area is 119 Å². The summed E-state index contributed by atoms with van der Waals surface area (Å²) >= 11 is 5.95. The molecule has 1 atom stereocenters. The van der Waals surface area contributed by atoms with E-state index in [0.29, 0.717) is 18.0 Å². The molecule has 19 heavy (non-hydrogen) atoms. The van der Waals surface area contributed by atoms with Crippen LogP contribution in [0.2, 0.25) is 5.02 Å². The van der Waals surface area contributed by atoms with Gasteiger partial charge in [-0.05, 0) is 43.9 Å². The molecule has 0 aliphatic carbocycles. The van der Waals surface area contributed by atoms with Gasteiger partial charge >= 0.3 is 0 Å². The van der Waals surface area contributed by atoms with Gasteiger partial charge in [0, 0.05) is 18.2 Å². The van der Waals surface area contributed by atoms with E-state index in [1.807, 2.05) is 6.92 Å². The lowest BCUT2D eigenvalue weighted by Crippen LogP contribution is -2.27. The second kappa shape index (κ2) is 6.22. The van der Waals surface area contributed by atoms with Gasteiger partial charge in [0.15, 0.2) is 0 Å². The molecule has 1 heterocycles. The lowest BCUT2D eigenvalue weighted by Gasteiger charge is -2.11. The highest BCUT2D eigenvalue weighted by Crippen LogP contribution is 2.20. The zero-order chi connectivity index (χ0) is 13.9. The molecule has 1 fully saturated rings. The molecule has 1 aromatic carbocycles. The third-order valence-corrected chi connectivity index (χ3v) is 5.10. The number of hydrogen-bond acceptors (Lipinski definition) is 3. The Bertz CT molecular complexity index is 539. The van der Waals surface area contributed by atoms with Gasteiger partial charge in [-0.15, -0.1) is 0 Å². The molecular formula is C13H18ClNO3S. The normalized spacial score (nSPS) is 19.8. The van der Waals surface area contributed by atoms with E-state index >= 15 is 0 Å². The van der Waals surface area contributed by atoms with Crippen LogP contribution in [0.25, 0.3) is 0 Å². The van der Waals surface area contributed by atoms with Crippen molar-refractivity contribution in [3.63, 3.8) is 0 Å². The van der Waals surface area contributed by atoms with Crippen LogP contribution in [-0.2, 0) is 14.8 Å². The summed E-state index contributed by atoms with van der Waals surface area (Å²) in [4.78, 5) is 0.204. The molecule has 0 radical (unpaired) electrons. The van der Waals surface area contributed by atoms with Crippen LogP contribution in [0.3, 0.4) is 0 Å². The predicted octanol–water partition coefficient (Wildman–Crippen LogP) is 2.50. The number of aryl methyl sites for hydroxylation is 1. The van der Waals surface area contributed by atoms with Gasteiger partial charge < -0.3 is 4.74 Å². The molecule has 1 N–H and O–H groups in total. The maximum absolute atomic E-state index is 12.1. The largest absolute Gasteiger partial charge is 0.378 e. The first-order valence-corrected chi connectivity index (χ1v) is 8.22. The summed E-state index contributed by atoms with van der Waals surface area (Å²) in [6, 6.07) is 4.75. The van der Waals surface area contributed by atoms with Crippen LogP contribution < -0.4 is 4.72 Å². The lowest BCUT2D eigenvalue weighted by atomic mass is 10.2. The van der Waals surface area contributed by atoms with Crippen molar-refractivity contribution in [3.8, 4) is 0 Å². The number of hydrogen-bond donors (Lipinski definition) is 1. The number of ether oxygens (including phenoxy) is 1. The van der Waals surface area contributed by atoms with E-state index in [9.17, 15) is 8.42 Å². The van der Waals surface area contributed by atoms with Crippen LogP contribution in [-0.4, -0.2) is 27.7 Å². The first-order chi connectivity index (χ1) is 8.99. The molecule has 0 amide bonds. The van der Waals surface area contributed by atoms with Crippen LogP contribution in [0, 0.1) is 6.92 Å². The van der Waals surface area contributed by atoms with E-state index in [-0.39, 0.29) is 11.0 Å². The molecule has 106 valence electrons. The number of nitrogens with one attached hydrogen (secondary N) is 1. The Morgan fingerprint density at radius 2 is 2.26 bits per heavy atom. The third-order valence-electron chi connectivity index (χ3n) is 3.24. The summed E-state index contributed by atoms with van der Waals surface area (Å²) in [6.45, 7) is 3.01. The van der Waals surface area contributed by atoms with Crippen LogP contribution >= 0.6 is 11.6 Å². The smallest absolute Gasteiger partial charge is 0.240 e. The molecular weight excluding hydrogens is 286 g/mol. The average Bonchev–Trinajstić information content (AvgIpc) is 2.85. The summed E-state index contributed by atoms with van der Waals surface area (Å²) < 4.78 is 32.2. The quantitative estimate of drug-likeness (QED) is 0.909. The minimum absolute atomic E-state index is 0.185. The molecule has 1 aromatic rings. The van der Waals surface area contributed by atoms with Crippen molar-refractivity contribution in [2.24, 2.45) is 0 Å². The number of sulfonamides is 1. The van der Waals surface area contributed by atoms with Crippen LogP contribution in [0.5, 0.6) is 0 Å². The Morgan fingerprint density at radius 3 is 2.89 bits per heavy atom. The van der Waals surface area contributed by atoms with Crippen molar-refractivity contribution in [1.82, 2.24) is 4.72 Å². The fraction of sp³-hybridized carbons (Fsp3) is 0.538. The summed E-state index contributed by atoms with van der Waals surface area (Å²) in [7, 11) is -3.48. The molecule has 0 aromatic heterocycles. The molecule has 1 unspecified atom stereocenters. The van der Waals surface area contributed by atoms with E-state index in [1.165, 1.54) is 6.07 Å². The Hall–Kier alpha value is -0.620. The number of halogens is 1. The minimum Gasteiger partial charge on any atom is -0.378 e. The minimum atomic E-state index is -3.48. The SMILES string of the molecule is Cc1ccc(S(=O)(=O)NCCC2CCCO2)cc1Cl. The summed E-state index contributed by atoms with van der Waals surface area (Å²) in [5.74, 6) is 0. The van der Waals surface area contributed by atoms with Crippen molar-refractivity contribution >= 4 is 21.6 Å². The maximum Gasteiger partial charge on any atom is 0.240 e. The van der Waals surface area contributed by atoms with Crippen molar-refractivity contribution in [1.29, 1.82) is 0 Å². The van der Waals surface area contributed by atoms with Gasteiger partial charge in [0.1, 0.15) is 0 Å². The number of rotatable bonds is 5. The van der Waals surface area contributed by atoms with Crippen molar-refractivity contribution in [3.05, 3.63) is 28.8 Å². The second-order valence-electron chi connectivity index (χ2n) is 4.73. The monoisotopic (exact) mass is 303 g/mol. The molecule has 0 spiro atoms. The van der Waals surface area contributed by atoms with Gasteiger partial charge in [-0.1, -0.05) is 17.7 Å². The van der Waals surface area contributed by atoms with Gasteiger partial charge in [-0.25, -0.2) is 13.1 Å². The zero-order valence-electron chi connectivity index (χ0n) is 10.9. The fourth-order valence-electron chi connectivity index (χ4n) is 2.05. The first kappa shape index (κ1) is 14.8. The van der Waals surface area contributed by atoms with E-state index in [4.69, 9.17) is 16.3 Å². The third kappa shape index (κ3) is 3.92. The average molecular weight is 304 g/mol. The van der Waals surface area contributed by atoms with E-state index in [1.54, 1.807) is 12.1 Å². The maximum atomic E-state index is 12.1. The van der Waals surface area contributed by atoms with Gasteiger partial charge in [-0.3, -0.25) is 0 Å². The molecule has 0 bridgehead atoms. The zero-order valence-corrected chi connectivity index (χ0v) is 12.4. The highest BCUT2D eigenvalue weighted by molar-refractivity contribution is 7.89. The molecule has 6 heteroatoms. The number of benzene rings is 1. The highest BCUT2D eigenvalue weighted by Gasteiger charge is 2.18. The lowest BCUT2D eigenvalue weighted by molar-refractivity contribution is 0.105. The Morgan fingerprint density at radius 1 is 1.47 bits per heavy atom. The van der Waals surface area contributed by atoms with Crippen LogP contribution in [0.15, 0.2) is 23.1 Å². The first-order valence-electron chi connectivity index (χ1n) is 6.36. The standard InChI is InChI=1S/C13H18ClNO3S/c1-10-4-5-12(9-13(10)14)19(16,17)15-7-6-11-3-2-8-18-11/h4-5,9,11,15H,2-3,6-8H2,1H3. The Kier molecular flexibility index (Phi) is 4.84. The summed E-state index contributed by atoms with van der Waals surface area (Å²) in [5.41, 5.74) is 0.861. The second-order valence-corrected chi connectivity index (χ2v) is 6.91. The molecule has 2 rings (SSSR count). The van der Waals surface area contributed by atoms with Crippen LogP contribution in [0.1, 0.15) is 24.8 Å². The summed E-state index contributed by atoms with van der Waals surface area (Å²) in [5, 5.41) is 0.460. The Balaban J connectivity index is 1.95. The fourth-order valence-corrected chi connectivity index (χ4v) is 3.37. The van der Waals surface area contributed by atoms with Crippen LogP contribution in [0.4, 0.5) is 0 Å². The van der Waals surface area contributed by atoms with Crippen molar-refractivity contribution in [2.45, 2.75) is 37.2 Å². The topological polar surface area (TPSA) is 55.4 Å². The van der Waals surface area contributed by atoms with Gasteiger partial charge in [0.25, 0.3) is 0 Å². The highest BCUT2D eigenvalue weighted by atomic mass is 35.5. The van der Waals surface area contributed by atoms with Crippen molar-refractivity contribution < 1.29 is 13.2 Å². The van der Waals surface area contributed by atoms with Gasteiger partial charge in [0.2, 0.25) is 10.0 Å².